The van der Waals surface area contributed by atoms with Crippen LogP contribution in [0.2, 0.25) is 0 Å². The van der Waals surface area contributed by atoms with Crippen LogP contribution >= 0.6 is 22.6 Å². The van der Waals surface area contributed by atoms with E-state index >= 15 is 0 Å². The number of nitrogens with one attached hydrogen (secondary N) is 1. The van der Waals surface area contributed by atoms with E-state index in [0.717, 1.165) is 9.13 Å². The minimum absolute atomic E-state index is 0.150. The average molecular weight is 402 g/mol. The van der Waals surface area contributed by atoms with Gasteiger partial charge in [-0.3, -0.25) is 4.72 Å². The molecule has 20 heavy (non-hydrogen) atoms. The van der Waals surface area contributed by atoms with E-state index in [2.05, 4.69) is 27.3 Å². The number of anilines is 2. The summed E-state index contributed by atoms with van der Waals surface area (Å²) >= 11 is 2.09. The Balaban J connectivity index is 2.52. The number of sulfonamides is 1. The first-order valence-electron chi connectivity index (χ1n) is 5.96. The summed E-state index contributed by atoms with van der Waals surface area (Å²) in [6, 6.07) is 10.8. The van der Waals surface area contributed by atoms with E-state index in [1.54, 1.807) is 32.0 Å². The summed E-state index contributed by atoms with van der Waals surface area (Å²) in [6.45, 7) is 3.53. The molecule has 0 amide bonds. The summed E-state index contributed by atoms with van der Waals surface area (Å²) in [5.74, 6) is 0. The van der Waals surface area contributed by atoms with Gasteiger partial charge in [0.05, 0.1) is 11.4 Å². The Kier molecular flexibility index (Phi) is 4.24. The summed E-state index contributed by atoms with van der Waals surface area (Å²) < 4.78 is 28.5. The van der Waals surface area contributed by atoms with Crippen molar-refractivity contribution >= 4 is 44.0 Å². The van der Waals surface area contributed by atoms with Crippen LogP contribution in [0, 0.1) is 17.4 Å². The van der Waals surface area contributed by atoms with Crippen molar-refractivity contribution in [1.82, 2.24) is 0 Å². The number of aryl methyl sites for hydroxylation is 2. The standard InChI is InChI=1S/C14H15IN2O2S/c1-9-7-8-10(2)14(13(9)16)20(18,19)17-12-6-4-3-5-11(12)15/h3-8,17H,16H2,1-2H3. The molecule has 0 spiro atoms. The van der Waals surface area contributed by atoms with Gasteiger partial charge in [0.2, 0.25) is 0 Å². The van der Waals surface area contributed by atoms with Crippen molar-refractivity contribution in [1.29, 1.82) is 0 Å². The molecule has 0 saturated heterocycles. The lowest BCUT2D eigenvalue weighted by Crippen LogP contribution is -2.17. The lowest BCUT2D eigenvalue weighted by molar-refractivity contribution is 0.601. The molecule has 2 rings (SSSR count). The molecule has 2 aromatic rings. The minimum Gasteiger partial charge on any atom is -0.397 e. The monoisotopic (exact) mass is 402 g/mol. The zero-order valence-electron chi connectivity index (χ0n) is 11.1. The number of benzene rings is 2. The first-order valence-corrected chi connectivity index (χ1v) is 8.52. The molecule has 0 atom stereocenters. The van der Waals surface area contributed by atoms with Gasteiger partial charge in [-0.1, -0.05) is 24.3 Å². The van der Waals surface area contributed by atoms with Crippen molar-refractivity contribution in [2.45, 2.75) is 18.7 Å². The number of rotatable bonds is 3. The van der Waals surface area contributed by atoms with Crippen LogP contribution in [0.1, 0.15) is 11.1 Å². The SMILES string of the molecule is Cc1ccc(C)c(S(=O)(=O)Nc2ccccc2I)c1N. The molecule has 4 nitrogen and oxygen atoms in total. The second-order valence-electron chi connectivity index (χ2n) is 4.53. The van der Waals surface area contributed by atoms with E-state index in [1.165, 1.54) is 0 Å². The highest BCUT2D eigenvalue weighted by Gasteiger charge is 2.22. The van der Waals surface area contributed by atoms with E-state index in [1.807, 2.05) is 18.2 Å². The highest BCUT2D eigenvalue weighted by atomic mass is 127. The van der Waals surface area contributed by atoms with Gasteiger partial charge in [-0.2, -0.15) is 0 Å². The molecule has 0 saturated carbocycles. The normalized spacial score (nSPS) is 11.3. The van der Waals surface area contributed by atoms with Crippen LogP contribution in [0.15, 0.2) is 41.3 Å². The third kappa shape index (κ3) is 2.90. The average Bonchev–Trinajstić information content (AvgIpc) is 2.37. The Labute approximate surface area is 132 Å². The van der Waals surface area contributed by atoms with Gasteiger partial charge in [0, 0.05) is 3.57 Å². The van der Waals surface area contributed by atoms with Gasteiger partial charge < -0.3 is 5.73 Å². The minimum atomic E-state index is -3.70. The van der Waals surface area contributed by atoms with Crippen LogP contribution in [-0.2, 0) is 10.0 Å². The first kappa shape index (κ1) is 15.1. The molecule has 6 heteroatoms. The number of halogens is 1. The topological polar surface area (TPSA) is 72.2 Å². The molecule has 106 valence electrons. The van der Waals surface area contributed by atoms with Crippen molar-refractivity contribution in [3.8, 4) is 0 Å². The van der Waals surface area contributed by atoms with Crippen molar-refractivity contribution in [3.63, 3.8) is 0 Å². The van der Waals surface area contributed by atoms with Gasteiger partial charge in [-0.05, 0) is 59.7 Å². The number of para-hydroxylation sites is 1. The van der Waals surface area contributed by atoms with Crippen molar-refractivity contribution in [2.75, 3.05) is 10.5 Å². The van der Waals surface area contributed by atoms with Crippen LogP contribution < -0.4 is 10.5 Å². The molecule has 0 aliphatic heterocycles. The molecule has 0 aliphatic rings. The highest BCUT2D eigenvalue weighted by Crippen LogP contribution is 2.29. The third-order valence-electron chi connectivity index (χ3n) is 3.00. The summed E-state index contributed by atoms with van der Waals surface area (Å²) in [6.07, 6.45) is 0. The summed E-state index contributed by atoms with van der Waals surface area (Å²) in [4.78, 5) is 0.150. The first-order chi connectivity index (χ1) is 9.33. The van der Waals surface area contributed by atoms with Gasteiger partial charge in [0.1, 0.15) is 4.90 Å². The Morgan fingerprint density at radius 1 is 1.05 bits per heavy atom. The zero-order valence-corrected chi connectivity index (χ0v) is 14.1. The smallest absolute Gasteiger partial charge is 0.264 e. The fourth-order valence-corrected chi connectivity index (χ4v) is 4.12. The van der Waals surface area contributed by atoms with E-state index in [4.69, 9.17) is 5.73 Å². The van der Waals surface area contributed by atoms with Crippen LogP contribution in [0.4, 0.5) is 11.4 Å². The fourth-order valence-electron chi connectivity index (χ4n) is 1.90. The maximum atomic E-state index is 12.6. The van der Waals surface area contributed by atoms with Gasteiger partial charge in [-0.15, -0.1) is 0 Å². The van der Waals surface area contributed by atoms with Crippen LogP contribution in [0.5, 0.6) is 0 Å². The number of nitrogens with two attached hydrogens (primary N) is 1. The van der Waals surface area contributed by atoms with Crippen molar-refractivity contribution in [3.05, 3.63) is 51.1 Å². The van der Waals surface area contributed by atoms with Gasteiger partial charge in [0.25, 0.3) is 10.0 Å². The maximum Gasteiger partial charge on any atom is 0.264 e. The Morgan fingerprint density at radius 2 is 1.65 bits per heavy atom. The molecule has 0 fully saturated rings. The molecule has 0 heterocycles. The lowest BCUT2D eigenvalue weighted by atomic mass is 10.1. The van der Waals surface area contributed by atoms with E-state index in [-0.39, 0.29) is 4.90 Å². The maximum absolute atomic E-state index is 12.6. The van der Waals surface area contributed by atoms with Gasteiger partial charge in [-0.25, -0.2) is 8.42 Å². The largest absolute Gasteiger partial charge is 0.397 e. The van der Waals surface area contributed by atoms with Crippen molar-refractivity contribution in [2.24, 2.45) is 0 Å². The Hall–Kier alpha value is -1.28. The quantitative estimate of drug-likeness (QED) is 0.612. The van der Waals surface area contributed by atoms with Crippen molar-refractivity contribution < 1.29 is 8.42 Å². The number of hydrogen-bond acceptors (Lipinski definition) is 3. The van der Waals surface area contributed by atoms with Crippen LogP contribution in [0.25, 0.3) is 0 Å². The molecule has 0 aliphatic carbocycles. The lowest BCUT2D eigenvalue weighted by Gasteiger charge is -2.15. The second kappa shape index (κ2) is 5.61. The summed E-state index contributed by atoms with van der Waals surface area (Å²) in [5.41, 5.74) is 8.16. The molecule has 2 aromatic carbocycles. The Bertz CT molecular complexity index is 758. The predicted molar refractivity (Wildman–Crippen MR) is 90.3 cm³/mol. The van der Waals surface area contributed by atoms with Crippen LogP contribution in [0.3, 0.4) is 0 Å². The number of hydrogen-bond donors (Lipinski definition) is 2. The molecular weight excluding hydrogens is 387 g/mol. The van der Waals surface area contributed by atoms with E-state index in [0.29, 0.717) is 16.9 Å². The van der Waals surface area contributed by atoms with Crippen LogP contribution in [-0.4, -0.2) is 8.42 Å². The van der Waals surface area contributed by atoms with E-state index in [9.17, 15) is 8.42 Å². The summed E-state index contributed by atoms with van der Waals surface area (Å²) in [5, 5.41) is 0. The fraction of sp³-hybridized carbons (Fsp3) is 0.143. The van der Waals surface area contributed by atoms with E-state index < -0.39 is 10.0 Å². The Morgan fingerprint density at radius 3 is 2.30 bits per heavy atom. The highest BCUT2D eigenvalue weighted by molar-refractivity contribution is 14.1. The zero-order chi connectivity index (χ0) is 14.9. The van der Waals surface area contributed by atoms with Gasteiger partial charge in [0.15, 0.2) is 0 Å². The molecule has 0 aromatic heterocycles. The predicted octanol–water partition coefficient (Wildman–Crippen LogP) is 3.29. The molecule has 0 unspecified atom stereocenters. The second-order valence-corrected chi connectivity index (χ2v) is 7.31. The third-order valence-corrected chi connectivity index (χ3v) is 5.51. The molecule has 3 N–H and O–H groups in total. The summed E-state index contributed by atoms with van der Waals surface area (Å²) in [7, 11) is -3.70. The number of nitrogen functional groups attached to an aromatic ring is 1. The molecule has 0 radical (unpaired) electrons. The molecule has 0 bridgehead atoms. The van der Waals surface area contributed by atoms with Gasteiger partial charge >= 0.3 is 0 Å². The molecular formula is C14H15IN2O2S.